The minimum atomic E-state index is -4.41. The molecular formula is C73H120NO8P. The Morgan fingerprint density at radius 3 is 0.928 bits per heavy atom. The van der Waals surface area contributed by atoms with Crippen LogP contribution < -0.4 is 5.73 Å². The van der Waals surface area contributed by atoms with Crippen LogP contribution in [0.25, 0.3) is 0 Å². The molecule has 0 rings (SSSR count). The first kappa shape index (κ1) is 78.6. The van der Waals surface area contributed by atoms with Gasteiger partial charge in [-0.2, -0.15) is 0 Å². The Balaban J connectivity index is 3.98. The number of carbonyl (C=O) groups excluding carboxylic acids is 2. The molecule has 0 aliphatic carbocycles. The number of hydrogen-bond acceptors (Lipinski definition) is 8. The van der Waals surface area contributed by atoms with E-state index in [1.165, 1.54) is 96.3 Å². The van der Waals surface area contributed by atoms with Crippen molar-refractivity contribution in [3.05, 3.63) is 158 Å². The lowest BCUT2D eigenvalue weighted by atomic mass is 10.0. The molecule has 470 valence electrons. The summed E-state index contributed by atoms with van der Waals surface area (Å²) in [5.74, 6) is -0.848. The first-order valence-electron chi connectivity index (χ1n) is 33.0. The fraction of sp³-hybridized carbons (Fsp3) is 0.616. The Morgan fingerprint density at radius 1 is 0.361 bits per heavy atom. The average Bonchev–Trinajstić information content (AvgIpc) is 3.49. The lowest BCUT2D eigenvalue weighted by Crippen LogP contribution is -2.29. The summed E-state index contributed by atoms with van der Waals surface area (Å²) in [5, 5.41) is 0. The number of esters is 2. The molecule has 0 heterocycles. The second-order valence-corrected chi connectivity index (χ2v) is 22.7. The fourth-order valence-electron chi connectivity index (χ4n) is 8.62. The zero-order valence-corrected chi connectivity index (χ0v) is 53.5. The Morgan fingerprint density at radius 2 is 0.627 bits per heavy atom. The number of carbonyl (C=O) groups is 2. The van der Waals surface area contributed by atoms with Crippen LogP contribution in [-0.2, 0) is 32.7 Å². The van der Waals surface area contributed by atoms with Crippen LogP contribution in [0.1, 0.15) is 258 Å². The van der Waals surface area contributed by atoms with E-state index in [9.17, 15) is 19.0 Å². The van der Waals surface area contributed by atoms with Gasteiger partial charge in [0, 0.05) is 19.4 Å². The molecule has 0 spiro atoms. The van der Waals surface area contributed by atoms with Gasteiger partial charge in [0.1, 0.15) is 6.61 Å². The number of ether oxygens (including phenoxy) is 2. The van der Waals surface area contributed by atoms with Crippen LogP contribution >= 0.6 is 7.82 Å². The molecule has 9 nitrogen and oxygen atoms in total. The highest BCUT2D eigenvalue weighted by Crippen LogP contribution is 2.43. The van der Waals surface area contributed by atoms with Gasteiger partial charge in [-0.05, 0) is 122 Å². The molecule has 0 aromatic heterocycles. The van der Waals surface area contributed by atoms with Gasteiger partial charge in [0.15, 0.2) is 6.10 Å². The summed E-state index contributed by atoms with van der Waals surface area (Å²) >= 11 is 0. The predicted molar refractivity (Wildman–Crippen MR) is 357 cm³/mol. The number of nitrogens with two attached hydrogens (primary N) is 1. The quantitative estimate of drug-likeness (QED) is 0.0264. The van der Waals surface area contributed by atoms with Crippen LogP contribution in [-0.4, -0.2) is 49.3 Å². The summed E-state index contributed by atoms with van der Waals surface area (Å²) < 4.78 is 33.1. The molecule has 0 fully saturated rings. The van der Waals surface area contributed by atoms with Gasteiger partial charge in [-0.3, -0.25) is 18.6 Å². The van der Waals surface area contributed by atoms with Gasteiger partial charge in [0.25, 0.3) is 0 Å². The van der Waals surface area contributed by atoms with E-state index in [1.807, 2.05) is 0 Å². The fourth-order valence-corrected chi connectivity index (χ4v) is 9.39. The van der Waals surface area contributed by atoms with Crippen molar-refractivity contribution < 1.29 is 37.6 Å². The lowest BCUT2D eigenvalue weighted by Gasteiger charge is -2.19. The van der Waals surface area contributed by atoms with Gasteiger partial charge in [-0.25, -0.2) is 4.57 Å². The molecule has 2 atom stereocenters. The molecule has 10 heteroatoms. The van der Waals surface area contributed by atoms with Crippen molar-refractivity contribution in [2.24, 2.45) is 5.73 Å². The first-order valence-corrected chi connectivity index (χ1v) is 34.5. The Kier molecular flexibility index (Phi) is 63.3. The molecule has 0 aromatic carbocycles. The van der Waals surface area contributed by atoms with Gasteiger partial charge in [-0.15, -0.1) is 0 Å². The predicted octanol–water partition coefficient (Wildman–Crippen LogP) is 21.6. The Labute approximate surface area is 509 Å². The highest BCUT2D eigenvalue weighted by molar-refractivity contribution is 7.47. The maximum Gasteiger partial charge on any atom is 0.472 e. The number of unbranched alkanes of at least 4 members (excludes halogenated alkanes) is 21. The van der Waals surface area contributed by atoms with E-state index in [1.54, 1.807) is 0 Å². The Hall–Kier alpha value is -4.37. The van der Waals surface area contributed by atoms with Gasteiger partial charge in [0.2, 0.25) is 0 Å². The third kappa shape index (κ3) is 66.6. The maximum atomic E-state index is 12.7. The molecule has 2 unspecified atom stereocenters. The second kappa shape index (κ2) is 66.8. The average molecular weight is 1170 g/mol. The first-order chi connectivity index (χ1) is 40.8. The van der Waals surface area contributed by atoms with Crippen LogP contribution in [0.5, 0.6) is 0 Å². The lowest BCUT2D eigenvalue weighted by molar-refractivity contribution is -0.161. The molecule has 0 saturated carbocycles. The van der Waals surface area contributed by atoms with E-state index >= 15 is 0 Å². The highest BCUT2D eigenvalue weighted by Gasteiger charge is 2.26. The molecule has 83 heavy (non-hydrogen) atoms. The standard InChI is InChI=1S/C73H120NO8P/c1-3-5-7-9-11-13-15-17-19-21-23-25-27-29-31-33-34-35-36-38-39-41-43-45-47-49-51-53-55-57-59-61-63-65-72(75)79-69-71(70-81-83(77,78)80-68-67-74)82-73(76)66-64-62-60-58-56-54-52-50-48-46-44-42-40-37-32-30-28-26-24-22-20-18-16-14-12-10-8-6-4-2/h5-8,11-14,17-20,23-26,29-32,34-35,40,42,46,48,71H,3-4,9-10,15-16,21-22,27-28,33,36-39,41,43-45,47,49-70,74H2,1-2H3,(H,77,78)/b7-5-,8-6-,13-11-,14-12-,19-17-,20-18-,25-23-,26-24-,31-29-,32-30-,35-34-,42-40-,48-46-. The van der Waals surface area contributed by atoms with Crippen molar-refractivity contribution >= 4 is 19.8 Å². The number of rotatable bonds is 60. The summed E-state index contributed by atoms with van der Waals surface area (Å²) in [7, 11) is -4.41. The minimum absolute atomic E-state index is 0.0437. The van der Waals surface area contributed by atoms with E-state index in [0.29, 0.717) is 6.42 Å². The third-order valence-corrected chi connectivity index (χ3v) is 14.4. The monoisotopic (exact) mass is 1170 g/mol. The second-order valence-electron chi connectivity index (χ2n) is 21.2. The zero-order chi connectivity index (χ0) is 60.1. The minimum Gasteiger partial charge on any atom is -0.462 e. The van der Waals surface area contributed by atoms with E-state index < -0.39 is 26.5 Å². The van der Waals surface area contributed by atoms with Crippen molar-refractivity contribution in [2.75, 3.05) is 26.4 Å². The summed E-state index contributed by atoms with van der Waals surface area (Å²) in [6.45, 7) is 3.50. The molecule has 0 bridgehead atoms. The molecule has 0 aromatic rings. The molecule has 0 aliphatic heterocycles. The SMILES string of the molecule is CC/C=C\C/C=C\C/C=C\C/C=C\C/C=C\C/C=C\C/C=C\CCCCCCCCCC(=O)OC(COC(=O)CCCCCCCCCCCCCCCC/C=C\C/C=C\C/C=C\C/C=C\C/C=C\C/C=C\CC)COP(=O)(O)OCCN. The highest BCUT2D eigenvalue weighted by atomic mass is 31.2. The van der Waals surface area contributed by atoms with Gasteiger partial charge >= 0.3 is 19.8 Å². The van der Waals surface area contributed by atoms with Gasteiger partial charge in [-0.1, -0.05) is 281 Å². The van der Waals surface area contributed by atoms with Crippen LogP contribution in [0.2, 0.25) is 0 Å². The summed E-state index contributed by atoms with van der Waals surface area (Å²) in [6.07, 6.45) is 97.4. The molecule has 0 amide bonds. The number of allylic oxidation sites excluding steroid dienone is 26. The van der Waals surface area contributed by atoms with Crippen LogP contribution in [0.3, 0.4) is 0 Å². The summed E-state index contributed by atoms with van der Waals surface area (Å²) in [4.78, 5) is 35.3. The normalized spacial score (nSPS) is 14.0. The smallest absolute Gasteiger partial charge is 0.462 e. The zero-order valence-electron chi connectivity index (χ0n) is 52.6. The maximum absolute atomic E-state index is 12.7. The van der Waals surface area contributed by atoms with Gasteiger partial charge < -0.3 is 20.1 Å². The van der Waals surface area contributed by atoms with E-state index in [-0.39, 0.29) is 38.6 Å². The van der Waals surface area contributed by atoms with Crippen molar-refractivity contribution in [3.63, 3.8) is 0 Å². The van der Waals surface area contributed by atoms with Crippen molar-refractivity contribution in [1.82, 2.24) is 0 Å². The van der Waals surface area contributed by atoms with Crippen molar-refractivity contribution in [1.29, 1.82) is 0 Å². The molecular weight excluding hydrogens is 1050 g/mol. The third-order valence-electron chi connectivity index (χ3n) is 13.4. The van der Waals surface area contributed by atoms with Crippen LogP contribution in [0, 0.1) is 0 Å². The molecule has 0 radical (unpaired) electrons. The largest absolute Gasteiger partial charge is 0.472 e. The van der Waals surface area contributed by atoms with Crippen LogP contribution in [0.15, 0.2) is 158 Å². The van der Waals surface area contributed by atoms with Crippen LogP contribution in [0.4, 0.5) is 0 Å². The van der Waals surface area contributed by atoms with Gasteiger partial charge in [0.05, 0.1) is 13.2 Å². The summed E-state index contributed by atoms with van der Waals surface area (Å²) in [5.41, 5.74) is 5.40. The topological polar surface area (TPSA) is 134 Å². The number of phosphoric acid groups is 1. The van der Waals surface area contributed by atoms with Crippen molar-refractivity contribution in [3.8, 4) is 0 Å². The van der Waals surface area contributed by atoms with Crippen molar-refractivity contribution in [2.45, 2.75) is 264 Å². The molecule has 0 saturated heterocycles. The molecule has 0 aliphatic rings. The van der Waals surface area contributed by atoms with E-state index in [4.69, 9.17) is 24.3 Å². The Bertz CT molecular complexity index is 1920. The van der Waals surface area contributed by atoms with E-state index in [2.05, 4.69) is 172 Å². The number of phosphoric ester groups is 1. The number of hydrogen-bond donors (Lipinski definition) is 2. The van der Waals surface area contributed by atoms with E-state index in [0.717, 1.165) is 128 Å². The summed E-state index contributed by atoms with van der Waals surface area (Å²) in [6, 6.07) is 0. The molecule has 3 N–H and O–H groups in total.